The highest BCUT2D eigenvalue weighted by Crippen LogP contribution is 2.23. The van der Waals surface area contributed by atoms with E-state index in [9.17, 15) is 0 Å². The van der Waals surface area contributed by atoms with E-state index in [0.29, 0.717) is 5.88 Å². The van der Waals surface area contributed by atoms with Gasteiger partial charge >= 0.3 is 0 Å². The normalized spacial score (nSPS) is 10.3. The molecule has 2 heteroatoms. The first kappa shape index (κ1) is 11.4. The Hall–Kier alpha value is -0.690. The maximum Gasteiger partial charge on any atom is 0.122 e. The molecule has 0 aromatic heterocycles. The van der Waals surface area contributed by atoms with Gasteiger partial charge in [-0.05, 0) is 49.9 Å². The van der Waals surface area contributed by atoms with Crippen molar-refractivity contribution >= 4 is 11.6 Å². The molecule has 0 N–H and O–H groups in total. The van der Waals surface area contributed by atoms with Crippen LogP contribution >= 0.6 is 11.6 Å². The molecule has 0 spiro atoms. The molecule has 0 saturated carbocycles. The van der Waals surface area contributed by atoms with Crippen molar-refractivity contribution in [1.82, 2.24) is 0 Å². The van der Waals surface area contributed by atoms with Gasteiger partial charge in [-0.3, -0.25) is 0 Å². The molecule has 0 fully saturated rings. The highest BCUT2D eigenvalue weighted by atomic mass is 35.5. The van der Waals surface area contributed by atoms with Crippen molar-refractivity contribution < 1.29 is 4.74 Å². The fourth-order valence-corrected chi connectivity index (χ4v) is 1.74. The van der Waals surface area contributed by atoms with Crippen molar-refractivity contribution in [2.24, 2.45) is 0 Å². The second kappa shape index (κ2) is 5.26. The van der Waals surface area contributed by atoms with E-state index in [4.69, 9.17) is 16.3 Å². The first-order chi connectivity index (χ1) is 6.69. The predicted octanol–water partition coefficient (Wildman–Crippen LogP) is 3.48. The quantitative estimate of drug-likeness (QED) is 0.695. The van der Waals surface area contributed by atoms with E-state index in [1.54, 1.807) is 0 Å². The lowest BCUT2D eigenvalue weighted by Crippen LogP contribution is -1.98. The lowest BCUT2D eigenvalue weighted by atomic mass is 10.0. The summed E-state index contributed by atoms with van der Waals surface area (Å²) in [7, 11) is 0. The van der Waals surface area contributed by atoms with Crippen LogP contribution < -0.4 is 4.74 Å². The molecular formula is C12H17ClO. The first-order valence-electron chi connectivity index (χ1n) is 4.98. The van der Waals surface area contributed by atoms with E-state index in [2.05, 4.69) is 26.0 Å². The molecule has 1 nitrogen and oxygen atoms in total. The van der Waals surface area contributed by atoms with Crippen molar-refractivity contribution in [2.45, 2.75) is 27.2 Å². The second-order valence-corrected chi connectivity index (χ2v) is 3.79. The van der Waals surface area contributed by atoms with Crippen LogP contribution in [0.3, 0.4) is 0 Å². The summed E-state index contributed by atoms with van der Waals surface area (Å²) < 4.78 is 5.52. The molecule has 1 aromatic carbocycles. The molecule has 0 atom stereocenters. The van der Waals surface area contributed by atoms with Crippen LogP contribution in [0.4, 0.5) is 0 Å². The molecule has 0 radical (unpaired) electrons. The van der Waals surface area contributed by atoms with Crippen LogP contribution in [-0.2, 0) is 6.42 Å². The number of alkyl halides is 1. The van der Waals surface area contributed by atoms with E-state index in [1.165, 1.54) is 16.7 Å². The zero-order valence-corrected chi connectivity index (χ0v) is 9.82. The number of rotatable bonds is 4. The van der Waals surface area contributed by atoms with Crippen molar-refractivity contribution in [3.8, 4) is 5.75 Å². The van der Waals surface area contributed by atoms with Crippen LogP contribution in [0.5, 0.6) is 5.75 Å². The molecule has 0 heterocycles. The lowest BCUT2D eigenvalue weighted by Gasteiger charge is -2.11. The van der Waals surface area contributed by atoms with E-state index in [-0.39, 0.29) is 0 Å². The van der Waals surface area contributed by atoms with Gasteiger partial charge in [0, 0.05) is 5.88 Å². The van der Waals surface area contributed by atoms with Gasteiger partial charge in [-0.25, -0.2) is 0 Å². The van der Waals surface area contributed by atoms with Gasteiger partial charge in [0.25, 0.3) is 0 Å². The molecule has 1 aromatic rings. The molecule has 0 bridgehead atoms. The van der Waals surface area contributed by atoms with Gasteiger partial charge in [0.2, 0.25) is 0 Å². The molecule has 14 heavy (non-hydrogen) atoms. The summed E-state index contributed by atoms with van der Waals surface area (Å²) in [5.74, 6) is 1.66. The van der Waals surface area contributed by atoms with Gasteiger partial charge in [-0.15, -0.1) is 11.6 Å². The standard InChI is InChI=1S/C12H17ClO/c1-4-14-12-8-9(2)11(5-6-13)7-10(12)3/h7-8H,4-6H2,1-3H3. The smallest absolute Gasteiger partial charge is 0.122 e. The highest BCUT2D eigenvalue weighted by molar-refractivity contribution is 6.18. The Kier molecular flexibility index (Phi) is 4.27. The van der Waals surface area contributed by atoms with Crippen LogP contribution in [0.1, 0.15) is 23.6 Å². The Labute approximate surface area is 91.0 Å². The van der Waals surface area contributed by atoms with Crippen LogP contribution in [0.15, 0.2) is 12.1 Å². The Morgan fingerprint density at radius 1 is 1.21 bits per heavy atom. The fourth-order valence-electron chi connectivity index (χ4n) is 1.53. The predicted molar refractivity (Wildman–Crippen MR) is 61.5 cm³/mol. The Balaban J connectivity index is 2.97. The Morgan fingerprint density at radius 3 is 2.50 bits per heavy atom. The third-order valence-electron chi connectivity index (χ3n) is 2.30. The van der Waals surface area contributed by atoms with Gasteiger partial charge in [-0.2, -0.15) is 0 Å². The van der Waals surface area contributed by atoms with E-state index < -0.39 is 0 Å². The largest absolute Gasteiger partial charge is 0.494 e. The van der Waals surface area contributed by atoms with Gasteiger partial charge < -0.3 is 4.74 Å². The van der Waals surface area contributed by atoms with Crippen molar-refractivity contribution in [2.75, 3.05) is 12.5 Å². The summed E-state index contributed by atoms with van der Waals surface area (Å²) in [5, 5.41) is 0. The molecule has 0 aliphatic heterocycles. The lowest BCUT2D eigenvalue weighted by molar-refractivity contribution is 0.337. The number of halogens is 1. The van der Waals surface area contributed by atoms with Gasteiger partial charge in [0.1, 0.15) is 5.75 Å². The maximum absolute atomic E-state index is 5.73. The summed E-state index contributed by atoms with van der Waals surface area (Å²) in [6.07, 6.45) is 0.931. The average molecular weight is 213 g/mol. The topological polar surface area (TPSA) is 9.23 Å². The molecule has 78 valence electrons. The average Bonchev–Trinajstić information content (AvgIpc) is 2.14. The molecule has 0 saturated heterocycles. The molecule has 0 aliphatic rings. The Morgan fingerprint density at radius 2 is 1.93 bits per heavy atom. The summed E-state index contributed by atoms with van der Waals surface area (Å²) in [6.45, 7) is 6.89. The molecule has 1 rings (SSSR count). The minimum absolute atomic E-state index is 0.675. The second-order valence-electron chi connectivity index (χ2n) is 3.42. The zero-order valence-electron chi connectivity index (χ0n) is 9.06. The van der Waals surface area contributed by atoms with E-state index in [0.717, 1.165) is 18.8 Å². The number of hydrogen-bond donors (Lipinski definition) is 0. The molecular weight excluding hydrogens is 196 g/mol. The van der Waals surface area contributed by atoms with E-state index >= 15 is 0 Å². The van der Waals surface area contributed by atoms with E-state index in [1.807, 2.05) is 6.92 Å². The number of aryl methyl sites for hydroxylation is 3. The summed E-state index contributed by atoms with van der Waals surface area (Å²) in [4.78, 5) is 0. The summed E-state index contributed by atoms with van der Waals surface area (Å²) in [5.41, 5.74) is 3.78. The summed E-state index contributed by atoms with van der Waals surface area (Å²) >= 11 is 5.73. The van der Waals surface area contributed by atoms with Crippen LogP contribution in [0, 0.1) is 13.8 Å². The third kappa shape index (κ3) is 2.65. The van der Waals surface area contributed by atoms with Gasteiger partial charge in [-0.1, -0.05) is 6.07 Å². The SMILES string of the molecule is CCOc1cc(C)c(CCCl)cc1C. The maximum atomic E-state index is 5.73. The van der Waals surface area contributed by atoms with Crippen molar-refractivity contribution in [3.05, 3.63) is 28.8 Å². The minimum atomic E-state index is 0.675. The van der Waals surface area contributed by atoms with Gasteiger partial charge in [0.15, 0.2) is 0 Å². The van der Waals surface area contributed by atoms with Crippen LogP contribution in [0.2, 0.25) is 0 Å². The number of ether oxygens (including phenoxy) is 1. The van der Waals surface area contributed by atoms with Crippen molar-refractivity contribution in [1.29, 1.82) is 0 Å². The van der Waals surface area contributed by atoms with Crippen LogP contribution in [0.25, 0.3) is 0 Å². The molecule has 0 amide bonds. The number of hydrogen-bond acceptors (Lipinski definition) is 1. The highest BCUT2D eigenvalue weighted by Gasteiger charge is 2.04. The zero-order chi connectivity index (χ0) is 10.6. The van der Waals surface area contributed by atoms with Crippen LogP contribution in [-0.4, -0.2) is 12.5 Å². The van der Waals surface area contributed by atoms with Gasteiger partial charge in [0.05, 0.1) is 6.61 Å². The summed E-state index contributed by atoms with van der Waals surface area (Å²) in [6, 6.07) is 4.27. The van der Waals surface area contributed by atoms with Crippen molar-refractivity contribution in [3.63, 3.8) is 0 Å². The molecule has 0 unspecified atom stereocenters. The Bertz CT molecular complexity index is 276. The fraction of sp³-hybridized carbons (Fsp3) is 0.500. The number of benzene rings is 1. The third-order valence-corrected chi connectivity index (χ3v) is 2.49. The monoisotopic (exact) mass is 212 g/mol. The minimum Gasteiger partial charge on any atom is -0.494 e. The first-order valence-corrected chi connectivity index (χ1v) is 5.51. The molecule has 0 aliphatic carbocycles.